The van der Waals surface area contributed by atoms with Gasteiger partial charge < -0.3 is 4.90 Å². The Kier molecular flexibility index (Phi) is 2.55. The molecule has 0 bridgehead atoms. The van der Waals surface area contributed by atoms with Crippen LogP contribution in [0.3, 0.4) is 0 Å². The van der Waals surface area contributed by atoms with E-state index < -0.39 is 0 Å². The zero-order valence-corrected chi connectivity index (χ0v) is 8.13. The molecule has 0 unspecified atom stereocenters. The Morgan fingerprint density at radius 1 is 1.58 bits per heavy atom. The molecular formula is C10H17NO. The quantitative estimate of drug-likeness (QED) is 0.574. The van der Waals surface area contributed by atoms with Gasteiger partial charge in [-0.2, -0.15) is 0 Å². The van der Waals surface area contributed by atoms with Crippen molar-refractivity contribution in [2.24, 2.45) is 5.41 Å². The Labute approximate surface area is 74.2 Å². The molecule has 1 rings (SSSR count). The average molecular weight is 167 g/mol. The molecule has 0 aromatic heterocycles. The highest BCUT2D eigenvalue weighted by Gasteiger charge is 2.38. The van der Waals surface area contributed by atoms with E-state index in [1.54, 1.807) is 12.2 Å². The number of nitrogens with zero attached hydrogens (tertiary/aromatic N) is 1. The Morgan fingerprint density at radius 3 is 2.58 bits per heavy atom. The van der Waals surface area contributed by atoms with Gasteiger partial charge in [-0.25, -0.2) is 0 Å². The van der Waals surface area contributed by atoms with E-state index in [4.69, 9.17) is 0 Å². The van der Waals surface area contributed by atoms with Gasteiger partial charge in [-0.15, -0.1) is 0 Å². The summed E-state index contributed by atoms with van der Waals surface area (Å²) < 4.78 is 0. The molecule has 0 N–H and O–H groups in total. The Morgan fingerprint density at radius 2 is 2.17 bits per heavy atom. The maximum atomic E-state index is 11.3. The van der Waals surface area contributed by atoms with Gasteiger partial charge in [0.05, 0.1) is 0 Å². The van der Waals surface area contributed by atoms with Crippen molar-refractivity contribution in [1.82, 2.24) is 4.90 Å². The summed E-state index contributed by atoms with van der Waals surface area (Å²) in [6.07, 6.45) is 4.59. The number of carbonyl (C=O) groups is 1. The lowest BCUT2D eigenvalue weighted by atomic mass is 9.79. The van der Waals surface area contributed by atoms with Crippen molar-refractivity contribution in [3.8, 4) is 0 Å². The van der Waals surface area contributed by atoms with Gasteiger partial charge >= 0.3 is 0 Å². The van der Waals surface area contributed by atoms with E-state index >= 15 is 0 Å². The van der Waals surface area contributed by atoms with Crippen LogP contribution in [-0.4, -0.2) is 23.9 Å². The zero-order valence-electron chi connectivity index (χ0n) is 8.13. The van der Waals surface area contributed by atoms with Gasteiger partial charge in [0, 0.05) is 18.5 Å². The fourth-order valence-electron chi connectivity index (χ4n) is 1.50. The van der Waals surface area contributed by atoms with Crippen molar-refractivity contribution in [3.05, 3.63) is 12.2 Å². The molecule has 1 amide bonds. The van der Waals surface area contributed by atoms with Crippen molar-refractivity contribution in [2.75, 3.05) is 13.1 Å². The lowest BCUT2D eigenvalue weighted by Crippen LogP contribution is -2.56. The monoisotopic (exact) mass is 167 g/mol. The van der Waals surface area contributed by atoms with Crippen LogP contribution in [0.15, 0.2) is 12.2 Å². The molecule has 0 aliphatic carbocycles. The summed E-state index contributed by atoms with van der Waals surface area (Å²) in [7, 11) is 0. The molecule has 2 nitrogen and oxygen atoms in total. The lowest BCUT2D eigenvalue weighted by Gasteiger charge is -2.47. The first-order chi connectivity index (χ1) is 5.61. The third-order valence-electron chi connectivity index (χ3n) is 2.62. The van der Waals surface area contributed by atoms with Gasteiger partial charge in [0.15, 0.2) is 0 Å². The van der Waals surface area contributed by atoms with Gasteiger partial charge in [-0.1, -0.05) is 19.9 Å². The number of hydrogen-bond donors (Lipinski definition) is 0. The number of carbonyl (C=O) groups excluding carboxylic acids is 1. The topological polar surface area (TPSA) is 20.3 Å². The van der Waals surface area contributed by atoms with Crippen molar-refractivity contribution in [3.63, 3.8) is 0 Å². The van der Waals surface area contributed by atoms with Crippen molar-refractivity contribution in [2.45, 2.75) is 27.2 Å². The molecular weight excluding hydrogens is 150 g/mol. The first-order valence-corrected chi connectivity index (χ1v) is 4.53. The van der Waals surface area contributed by atoms with Gasteiger partial charge in [-0.3, -0.25) is 4.79 Å². The molecule has 1 heterocycles. The van der Waals surface area contributed by atoms with Gasteiger partial charge in [0.1, 0.15) is 0 Å². The molecule has 1 aliphatic rings. The summed E-state index contributed by atoms with van der Waals surface area (Å²) in [4.78, 5) is 13.2. The minimum Gasteiger partial charge on any atom is -0.338 e. The van der Waals surface area contributed by atoms with Crippen LogP contribution in [0.5, 0.6) is 0 Å². The summed E-state index contributed by atoms with van der Waals surface area (Å²) in [5, 5.41) is 0. The van der Waals surface area contributed by atoms with Crippen molar-refractivity contribution >= 4 is 5.91 Å². The van der Waals surface area contributed by atoms with Crippen LogP contribution in [-0.2, 0) is 4.79 Å². The van der Waals surface area contributed by atoms with Crippen molar-refractivity contribution < 1.29 is 4.79 Å². The van der Waals surface area contributed by atoms with Crippen LogP contribution >= 0.6 is 0 Å². The molecule has 2 heteroatoms. The molecule has 68 valence electrons. The van der Waals surface area contributed by atoms with E-state index in [2.05, 4.69) is 13.8 Å². The van der Waals surface area contributed by atoms with E-state index in [1.807, 2.05) is 11.8 Å². The fourth-order valence-corrected chi connectivity index (χ4v) is 1.50. The summed E-state index contributed by atoms with van der Waals surface area (Å²) in [6, 6.07) is 0. The van der Waals surface area contributed by atoms with Crippen LogP contribution < -0.4 is 0 Å². The number of hydrogen-bond acceptors (Lipinski definition) is 1. The average Bonchev–Trinajstić information content (AvgIpc) is 1.99. The van der Waals surface area contributed by atoms with Crippen LogP contribution in [0, 0.1) is 5.41 Å². The van der Waals surface area contributed by atoms with Gasteiger partial charge in [-0.05, 0) is 19.4 Å². The maximum Gasteiger partial charge on any atom is 0.246 e. The van der Waals surface area contributed by atoms with Crippen molar-refractivity contribution in [1.29, 1.82) is 0 Å². The SMILES string of the molecule is C/C=C/C(=O)N1CC(C)(CC)C1. The van der Waals surface area contributed by atoms with E-state index in [9.17, 15) is 4.79 Å². The summed E-state index contributed by atoms with van der Waals surface area (Å²) >= 11 is 0. The molecule has 0 saturated carbocycles. The highest BCUT2D eigenvalue weighted by Crippen LogP contribution is 2.32. The third-order valence-corrected chi connectivity index (χ3v) is 2.62. The number of allylic oxidation sites excluding steroid dienone is 1. The van der Waals surface area contributed by atoms with Crippen LogP contribution in [0.25, 0.3) is 0 Å². The highest BCUT2D eigenvalue weighted by molar-refractivity contribution is 5.88. The molecule has 0 atom stereocenters. The number of likely N-dealkylation sites (tertiary alicyclic amines) is 1. The fraction of sp³-hybridized carbons (Fsp3) is 0.700. The zero-order chi connectivity index (χ0) is 9.19. The standard InChI is InChI=1S/C10H17NO/c1-4-6-9(12)11-7-10(3,5-2)8-11/h4,6H,5,7-8H2,1-3H3/b6-4+. The smallest absolute Gasteiger partial charge is 0.246 e. The summed E-state index contributed by atoms with van der Waals surface area (Å²) in [6.45, 7) is 8.12. The molecule has 12 heavy (non-hydrogen) atoms. The molecule has 0 aromatic rings. The molecule has 0 spiro atoms. The third kappa shape index (κ3) is 1.68. The Bertz CT molecular complexity index is 202. The summed E-state index contributed by atoms with van der Waals surface area (Å²) in [5.74, 6) is 0.156. The van der Waals surface area contributed by atoms with Crippen LogP contribution in [0.2, 0.25) is 0 Å². The molecule has 1 fully saturated rings. The number of amides is 1. The van der Waals surface area contributed by atoms with E-state index in [1.165, 1.54) is 0 Å². The molecule has 0 radical (unpaired) electrons. The Hall–Kier alpha value is -0.790. The van der Waals surface area contributed by atoms with Crippen LogP contribution in [0.4, 0.5) is 0 Å². The summed E-state index contributed by atoms with van der Waals surface area (Å²) in [5.41, 5.74) is 0.386. The maximum absolute atomic E-state index is 11.3. The van der Waals surface area contributed by atoms with Gasteiger partial charge in [0.25, 0.3) is 0 Å². The Balaban J connectivity index is 2.39. The largest absolute Gasteiger partial charge is 0.338 e. The normalized spacial score (nSPS) is 21.1. The van der Waals surface area contributed by atoms with E-state index in [0.717, 1.165) is 19.5 Å². The second-order valence-corrected chi connectivity index (χ2v) is 3.86. The van der Waals surface area contributed by atoms with E-state index in [0.29, 0.717) is 5.41 Å². The molecule has 1 aliphatic heterocycles. The predicted molar refractivity (Wildman–Crippen MR) is 49.8 cm³/mol. The molecule has 1 saturated heterocycles. The van der Waals surface area contributed by atoms with Gasteiger partial charge in [0.2, 0.25) is 5.91 Å². The second kappa shape index (κ2) is 3.30. The highest BCUT2D eigenvalue weighted by atomic mass is 16.2. The number of rotatable bonds is 2. The molecule has 0 aromatic carbocycles. The second-order valence-electron chi connectivity index (χ2n) is 3.86. The first kappa shape index (κ1) is 9.30. The minimum absolute atomic E-state index is 0.156. The predicted octanol–water partition coefficient (Wildman–Crippen LogP) is 1.82. The van der Waals surface area contributed by atoms with E-state index in [-0.39, 0.29) is 5.91 Å². The lowest BCUT2D eigenvalue weighted by molar-refractivity contribution is -0.137. The van der Waals surface area contributed by atoms with Crippen LogP contribution in [0.1, 0.15) is 27.2 Å². The first-order valence-electron chi connectivity index (χ1n) is 4.53. The minimum atomic E-state index is 0.156.